The summed E-state index contributed by atoms with van der Waals surface area (Å²) in [5.74, 6) is 2.55. The van der Waals surface area contributed by atoms with Crippen LogP contribution in [-0.4, -0.2) is 15.8 Å². The van der Waals surface area contributed by atoms with E-state index >= 15 is 0 Å². The predicted molar refractivity (Wildman–Crippen MR) is 77.7 cm³/mol. The van der Waals surface area contributed by atoms with Crippen LogP contribution >= 0.6 is 0 Å². The average Bonchev–Trinajstić information content (AvgIpc) is 2.87. The zero-order valence-corrected chi connectivity index (χ0v) is 12.9. The van der Waals surface area contributed by atoms with Crippen LogP contribution in [0.15, 0.2) is 16.5 Å². The molecule has 5 heteroatoms. The van der Waals surface area contributed by atoms with Crippen molar-refractivity contribution in [2.24, 2.45) is 7.05 Å². The van der Waals surface area contributed by atoms with Gasteiger partial charge in [-0.2, -0.15) is 5.10 Å². The molecule has 0 aromatic carbocycles. The van der Waals surface area contributed by atoms with Crippen LogP contribution in [0.3, 0.4) is 0 Å². The molecule has 0 saturated heterocycles. The number of furan rings is 1. The number of hydrogen-bond donors (Lipinski definition) is 1. The molecule has 0 amide bonds. The lowest BCUT2D eigenvalue weighted by Gasteiger charge is -2.06. The average molecular weight is 277 g/mol. The summed E-state index contributed by atoms with van der Waals surface area (Å²) in [7, 11) is 1.87. The first kappa shape index (κ1) is 14.7. The highest BCUT2D eigenvalue weighted by Crippen LogP contribution is 2.18. The number of hydrogen-bond acceptors (Lipinski definition) is 4. The van der Waals surface area contributed by atoms with E-state index in [4.69, 9.17) is 9.15 Å². The fourth-order valence-electron chi connectivity index (χ4n) is 2.00. The van der Waals surface area contributed by atoms with Crippen molar-refractivity contribution in [3.63, 3.8) is 0 Å². The van der Waals surface area contributed by atoms with Gasteiger partial charge in [-0.15, -0.1) is 0 Å². The van der Waals surface area contributed by atoms with Crippen LogP contribution in [0.4, 0.5) is 0 Å². The third-order valence-corrected chi connectivity index (χ3v) is 3.06. The maximum atomic E-state index is 5.82. The quantitative estimate of drug-likeness (QED) is 0.882. The Morgan fingerprint density at radius 3 is 2.70 bits per heavy atom. The largest absolute Gasteiger partial charge is 0.470 e. The number of nitrogens with zero attached hydrogens (tertiary/aromatic N) is 2. The van der Waals surface area contributed by atoms with E-state index in [0.29, 0.717) is 12.6 Å². The van der Waals surface area contributed by atoms with E-state index in [1.807, 2.05) is 26.1 Å². The number of rotatable bonds is 6. The third kappa shape index (κ3) is 3.63. The predicted octanol–water partition coefficient (Wildman–Crippen LogP) is 2.71. The van der Waals surface area contributed by atoms with Crippen LogP contribution in [0.2, 0.25) is 0 Å². The molecule has 0 aliphatic carbocycles. The second kappa shape index (κ2) is 6.13. The molecule has 0 radical (unpaired) electrons. The van der Waals surface area contributed by atoms with Gasteiger partial charge in [0.1, 0.15) is 18.1 Å². The van der Waals surface area contributed by atoms with Gasteiger partial charge in [0.2, 0.25) is 5.88 Å². The standard InChI is InChI=1S/C15H23N3O2/c1-10(2)16-8-14-11(3)6-13(20-14)9-19-15-7-12(4)17-18(15)5/h6-7,10,16H,8-9H2,1-5H3. The third-order valence-electron chi connectivity index (χ3n) is 3.06. The van der Waals surface area contributed by atoms with Crippen LogP contribution in [0.25, 0.3) is 0 Å². The van der Waals surface area contributed by atoms with Gasteiger partial charge in [0, 0.05) is 19.2 Å². The highest BCUT2D eigenvalue weighted by molar-refractivity contribution is 5.20. The molecule has 20 heavy (non-hydrogen) atoms. The van der Waals surface area contributed by atoms with E-state index in [2.05, 4.69) is 31.2 Å². The summed E-state index contributed by atoms with van der Waals surface area (Å²) in [4.78, 5) is 0. The van der Waals surface area contributed by atoms with Crippen molar-refractivity contribution in [3.05, 3.63) is 34.9 Å². The van der Waals surface area contributed by atoms with Crippen molar-refractivity contribution in [1.29, 1.82) is 0 Å². The van der Waals surface area contributed by atoms with Gasteiger partial charge in [-0.05, 0) is 25.5 Å². The molecule has 0 bridgehead atoms. The van der Waals surface area contributed by atoms with Gasteiger partial charge in [0.05, 0.1) is 12.2 Å². The Morgan fingerprint density at radius 1 is 1.35 bits per heavy atom. The monoisotopic (exact) mass is 277 g/mol. The number of ether oxygens (including phenoxy) is 1. The molecule has 0 atom stereocenters. The summed E-state index contributed by atoms with van der Waals surface area (Å²) in [6.07, 6.45) is 0. The Kier molecular flexibility index (Phi) is 4.49. The van der Waals surface area contributed by atoms with Crippen molar-refractivity contribution in [2.45, 2.75) is 46.9 Å². The molecular formula is C15H23N3O2. The fraction of sp³-hybridized carbons (Fsp3) is 0.533. The van der Waals surface area contributed by atoms with Crippen LogP contribution < -0.4 is 10.1 Å². The van der Waals surface area contributed by atoms with Crippen molar-refractivity contribution in [1.82, 2.24) is 15.1 Å². The molecule has 0 fully saturated rings. The zero-order valence-electron chi connectivity index (χ0n) is 12.9. The Morgan fingerprint density at radius 2 is 2.10 bits per heavy atom. The summed E-state index contributed by atoms with van der Waals surface area (Å²) < 4.78 is 13.3. The number of aromatic nitrogens is 2. The topological polar surface area (TPSA) is 52.2 Å². The van der Waals surface area contributed by atoms with E-state index in [1.165, 1.54) is 0 Å². The first-order chi connectivity index (χ1) is 9.45. The summed E-state index contributed by atoms with van der Waals surface area (Å²) in [6, 6.07) is 4.38. The first-order valence-corrected chi connectivity index (χ1v) is 6.90. The van der Waals surface area contributed by atoms with Crippen LogP contribution in [-0.2, 0) is 20.2 Å². The van der Waals surface area contributed by atoms with E-state index < -0.39 is 0 Å². The van der Waals surface area contributed by atoms with E-state index in [9.17, 15) is 0 Å². The lowest BCUT2D eigenvalue weighted by Crippen LogP contribution is -2.21. The second-order valence-corrected chi connectivity index (χ2v) is 5.39. The molecule has 0 spiro atoms. The minimum atomic E-state index is 0.418. The summed E-state index contributed by atoms with van der Waals surface area (Å²) >= 11 is 0. The summed E-state index contributed by atoms with van der Waals surface area (Å²) in [6.45, 7) is 9.40. The molecule has 0 aliphatic heterocycles. The van der Waals surface area contributed by atoms with Crippen LogP contribution in [0, 0.1) is 13.8 Å². The van der Waals surface area contributed by atoms with Crippen LogP contribution in [0.1, 0.15) is 36.6 Å². The highest BCUT2D eigenvalue weighted by atomic mass is 16.5. The molecular weight excluding hydrogens is 254 g/mol. The van der Waals surface area contributed by atoms with Gasteiger partial charge in [-0.3, -0.25) is 0 Å². The van der Waals surface area contributed by atoms with E-state index in [1.54, 1.807) is 4.68 Å². The van der Waals surface area contributed by atoms with Crippen molar-refractivity contribution < 1.29 is 9.15 Å². The molecule has 5 nitrogen and oxygen atoms in total. The fourth-order valence-corrected chi connectivity index (χ4v) is 2.00. The maximum absolute atomic E-state index is 5.82. The van der Waals surface area contributed by atoms with Gasteiger partial charge in [0.25, 0.3) is 0 Å². The van der Waals surface area contributed by atoms with Gasteiger partial charge < -0.3 is 14.5 Å². The molecule has 2 aromatic heterocycles. The minimum absolute atomic E-state index is 0.418. The normalized spacial score (nSPS) is 11.3. The molecule has 110 valence electrons. The van der Waals surface area contributed by atoms with Crippen molar-refractivity contribution in [3.8, 4) is 5.88 Å². The Hall–Kier alpha value is -1.75. The summed E-state index contributed by atoms with van der Waals surface area (Å²) in [5, 5.41) is 7.60. The van der Waals surface area contributed by atoms with Gasteiger partial charge in [-0.25, -0.2) is 4.68 Å². The lowest BCUT2D eigenvalue weighted by molar-refractivity contribution is 0.244. The van der Waals surface area contributed by atoms with E-state index in [-0.39, 0.29) is 0 Å². The molecule has 1 N–H and O–H groups in total. The Bertz CT molecular complexity index is 570. The molecule has 0 aliphatic rings. The van der Waals surface area contributed by atoms with Crippen molar-refractivity contribution in [2.75, 3.05) is 0 Å². The van der Waals surface area contributed by atoms with E-state index in [0.717, 1.165) is 35.2 Å². The molecule has 0 saturated carbocycles. The smallest absolute Gasteiger partial charge is 0.212 e. The maximum Gasteiger partial charge on any atom is 0.212 e. The summed E-state index contributed by atoms with van der Waals surface area (Å²) in [5.41, 5.74) is 2.10. The minimum Gasteiger partial charge on any atom is -0.470 e. The Balaban J connectivity index is 1.96. The molecule has 2 aromatic rings. The second-order valence-electron chi connectivity index (χ2n) is 5.39. The zero-order chi connectivity index (χ0) is 14.7. The SMILES string of the molecule is Cc1cc(OCc2cc(C)c(CNC(C)C)o2)n(C)n1. The highest BCUT2D eigenvalue weighted by Gasteiger charge is 2.10. The molecule has 0 unspecified atom stereocenters. The van der Waals surface area contributed by atoms with Crippen LogP contribution in [0.5, 0.6) is 5.88 Å². The first-order valence-electron chi connectivity index (χ1n) is 6.90. The van der Waals surface area contributed by atoms with Crippen molar-refractivity contribution >= 4 is 0 Å². The number of aryl methyl sites for hydroxylation is 3. The number of nitrogens with one attached hydrogen (secondary N) is 1. The lowest BCUT2D eigenvalue weighted by atomic mass is 10.2. The van der Waals surface area contributed by atoms with Gasteiger partial charge >= 0.3 is 0 Å². The molecule has 2 rings (SSSR count). The molecule has 2 heterocycles. The van der Waals surface area contributed by atoms with Gasteiger partial charge in [-0.1, -0.05) is 13.8 Å². The van der Waals surface area contributed by atoms with Gasteiger partial charge in [0.15, 0.2) is 0 Å². The Labute approximate surface area is 119 Å².